The number of hydrogen-bond donors (Lipinski definition) is 1. The lowest BCUT2D eigenvalue weighted by atomic mass is 10.3. The van der Waals surface area contributed by atoms with Gasteiger partial charge in [0.05, 0.1) is 42.7 Å². The highest BCUT2D eigenvalue weighted by atomic mass is 35.5. The Hall–Kier alpha value is -2.43. The molecule has 1 N–H and O–H groups in total. The number of halogens is 2. The third-order valence-corrected chi connectivity index (χ3v) is 5.03. The van der Waals surface area contributed by atoms with Crippen LogP contribution >= 0.6 is 23.2 Å². The summed E-state index contributed by atoms with van der Waals surface area (Å²) >= 11 is 11.7. The topological polar surface area (TPSA) is 114 Å². The molecule has 3 rings (SSSR count). The lowest BCUT2D eigenvalue weighted by Crippen LogP contribution is -2.49. The fourth-order valence-corrected chi connectivity index (χ4v) is 3.10. The Kier molecular flexibility index (Phi) is 7.83. The summed E-state index contributed by atoms with van der Waals surface area (Å²) in [6, 6.07) is 0. The number of carbonyl (C=O) groups is 1. The van der Waals surface area contributed by atoms with E-state index in [1.165, 1.54) is 6.20 Å². The highest BCUT2D eigenvalue weighted by Crippen LogP contribution is 2.18. The molecule has 12 heteroatoms. The van der Waals surface area contributed by atoms with Gasteiger partial charge in [-0.15, -0.1) is 0 Å². The molecule has 0 saturated carbocycles. The van der Waals surface area contributed by atoms with Gasteiger partial charge in [-0.05, 0) is 6.92 Å². The molecule has 0 unspecified atom stereocenters. The molecule has 1 fully saturated rings. The van der Waals surface area contributed by atoms with Crippen molar-refractivity contribution >= 4 is 35.1 Å². The quantitative estimate of drug-likeness (QED) is 0.633. The van der Waals surface area contributed by atoms with Crippen molar-refractivity contribution < 1.29 is 14.3 Å². The zero-order chi connectivity index (χ0) is 21.5. The van der Waals surface area contributed by atoms with Crippen LogP contribution in [0.2, 0.25) is 10.0 Å². The molecule has 0 aromatic carbocycles. The summed E-state index contributed by atoms with van der Waals surface area (Å²) in [5, 5.41) is 6.28. The van der Waals surface area contributed by atoms with Gasteiger partial charge < -0.3 is 19.3 Å². The Morgan fingerprint density at radius 3 is 2.60 bits per heavy atom. The number of amides is 1. The van der Waals surface area contributed by atoms with Crippen LogP contribution in [-0.4, -0.2) is 76.5 Å². The van der Waals surface area contributed by atoms with Crippen molar-refractivity contribution in [3.8, 4) is 5.75 Å². The summed E-state index contributed by atoms with van der Waals surface area (Å²) in [5.74, 6) is 0.829. The Morgan fingerprint density at radius 2 is 1.90 bits per heavy atom. The van der Waals surface area contributed by atoms with Gasteiger partial charge in [0.1, 0.15) is 6.61 Å². The van der Waals surface area contributed by atoms with Gasteiger partial charge in [-0.3, -0.25) is 9.59 Å². The van der Waals surface area contributed by atoms with Crippen molar-refractivity contribution in [1.82, 2.24) is 25.1 Å². The Balaban J connectivity index is 1.35. The number of aromatic nitrogens is 4. The number of anilines is 1. The molecular weight excluding hydrogens is 435 g/mol. The monoisotopic (exact) mass is 456 g/mol. The molecule has 0 bridgehead atoms. The van der Waals surface area contributed by atoms with Crippen LogP contribution in [0.3, 0.4) is 0 Å². The number of ether oxygens (including phenoxy) is 2. The van der Waals surface area contributed by atoms with E-state index in [1.807, 2.05) is 11.8 Å². The molecule has 1 aliphatic rings. The molecule has 1 amide bonds. The van der Waals surface area contributed by atoms with Gasteiger partial charge in [0.15, 0.2) is 10.8 Å². The Bertz CT molecular complexity index is 902. The van der Waals surface area contributed by atoms with Crippen LogP contribution in [0.5, 0.6) is 5.75 Å². The van der Waals surface area contributed by atoms with Crippen LogP contribution < -0.4 is 15.2 Å². The average Bonchev–Trinajstić information content (AvgIpc) is 2.75. The van der Waals surface area contributed by atoms with Crippen LogP contribution in [0.25, 0.3) is 0 Å². The maximum absolute atomic E-state index is 12.4. The zero-order valence-corrected chi connectivity index (χ0v) is 17.9. The third kappa shape index (κ3) is 6.04. The fraction of sp³-hybridized carbons (Fsp3) is 0.500. The van der Waals surface area contributed by atoms with Crippen molar-refractivity contribution in [3.05, 3.63) is 39.0 Å². The van der Waals surface area contributed by atoms with E-state index in [2.05, 4.69) is 20.2 Å². The number of hydrogen-bond acceptors (Lipinski definition) is 8. The van der Waals surface area contributed by atoms with E-state index in [-0.39, 0.29) is 42.4 Å². The summed E-state index contributed by atoms with van der Waals surface area (Å²) in [6.45, 7) is 4.76. The summed E-state index contributed by atoms with van der Waals surface area (Å²) in [4.78, 5) is 36.0. The molecule has 2 aromatic heterocycles. The molecule has 0 aliphatic carbocycles. The average molecular weight is 457 g/mol. The first-order chi connectivity index (χ1) is 14.4. The second-order valence-electron chi connectivity index (χ2n) is 6.69. The molecule has 162 valence electrons. The van der Waals surface area contributed by atoms with E-state index in [0.29, 0.717) is 37.1 Å². The molecule has 2 aromatic rings. The Labute approximate surface area is 183 Å². The van der Waals surface area contributed by atoms with Crippen LogP contribution in [0.4, 0.5) is 5.95 Å². The van der Waals surface area contributed by atoms with Crippen molar-refractivity contribution in [2.45, 2.75) is 19.4 Å². The van der Waals surface area contributed by atoms with Crippen LogP contribution in [0.15, 0.2) is 23.4 Å². The fourth-order valence-electron chi connectivity index (χ4n) is 2.85. The minimum absolute atomic E-state index is 0.0293. The lowest BCUT2D eigenvalue weighted by Gasteiger charge is -2.34. The molecule has 30 heavy (non-hydrogen) atoms. The number of nitrogens with zero attached hydrogens (tertiary/aromatic N) is 5. The third-order valence-electron chi connectivity index (χ3n) is 4.48. The van der Waals surface area contributed by atoms with Gasteiger partial charge in [-0.25, -0.2) is 15.1 Å². The van der Waals surface area contributed by atoms with Gasteiger partial charge in [-0.1, -0.05) is 23.2 Å². The zero-order valence-electron chi connectivity index (χ0n) is 16.4. The van der Waals surface area contributed by atoms with Gasteiger partial charge >= 0.3 is 0 Å². The SMILES string of the molecule is C[C@H](COc1cn[nH]c(=O)c1Cl)OCCC(=O)N1CCN(c2ncc(Cl)cn2)CC1. The van der Waals surface area contributed by atoms with Gasteiger partial charge in [0.25, 0.3) is 5.56 Å². The second kappa shape index (κ2) is 10.6. The summed E-state index contributed by atoms with van der Waals surface area (Å²) < 4.78 is 11.1. The molecule has 1 atom stereocenters. The number of H-pyrrole nitrogens is 1. The van der Waals surface area contributed by atoms with Crippen LogP contribution in [0, 0.1) is 0 Å². The molecule has 0 spiro atoms. The first-order valence-corrected chi connectivity index (χ1v) is 10.2. The second-order valence-corrected chi connectivity index (χ2v) is 7.50. The van der Waals surface area contributed by atoms with E-state index in [1.54, 1.807) is 17.3 Å². The molecular formula is C18H22Cl2N6O4. The molecule has 10 nitrogen and oxygen atoms in total. The predicted molar refractivity (Wildman–Crippen MR) is 111 cm³/mol. The van der Waals surface area contributed by atoms with E-state index < -0.39 is 5.56 Å². The van der Waals surface area contributed by atoms with Gasteiger partial charge in [0.2, 0.25) is 11.9 Å². The Morgan fingerprint density at radius 1 is 1.20 bits per heavy atom. The predicted octanol–water partition coefficient (Wildman–Crippen LogP) is 1.39. The van der Waals surface area contributed by atoms with E-state index in [4.69, 9.17) is 32.7 Å². The number of rotatable bonds is 8. The minimum Gasteiger partial charge on any atom is -0.487 e. The summed E-state index contributed by atoms with van der Waals surface area (Å²) in [6.07, 6.45) is 4.43. The van der Waals surface area contributed by atoms with Crippen molar-refractivity contribution in [2.75, 3.05) is 44.3 Å². The maximum Gasteiger partial charge on any atom is 0.286 e. The standard InChI is InChI=1S/C18H22Cl2N6O4/c1-12(11-30-14-10-23-24-17(28)16(14)20)29-7-2-15(27)25-3-5-26(6-4-25)18-21-8-13(19)9-22-18/h8-10,12H,2-7,11H2,1H3,(H,24,28)/t12-/m1/s1. The molecule has 0 radical (unpaired) electrons. The molecule has 1 saturated heterocycles. The number of piperazine rings is 1. The maximum atomic E-state index is 12.4. The molecule has 1 aliphatic heterocycles. The van der Waals surface area contributed by atoms with E-state index in [9.17, 15) is 9.59 Å². The normalized spacial score (nSPS) is 15.2. The number of aromatic amines is 1. The number of nitrogens with one attached hydrogen (secondary N) is 1. The first-order valence-electron chi connectivity index (χ1n) is 9.42. The highest BCUT2D eigenvalue weighted by molar-refractivity contribution is 6.31. The van der Waals surface area contributed by atoms with Crippen molar-refractivity contribution in [1.29, 1.82) is 0 Å². The largest absolute Gasteiger partial charge is 0.487 e. The smallest absolute Gasteiger partial charge is 0.286 e. The van der Waals surface area contributed by atoms with Gasteiger partial charge in [-0.2, -0.15) is 5.10 Å². The molecule has 3 heterocycles. The summed E-state index contributed by atoms with van der Waals surface area (Å²) in [5.41, 5.74) is -0.518. The number of carbonyl (C=O) groups excluding carboxylic acids is 1. The van der Waals surface area contributed by atoms with E-state index in [0.717, 1.165) is 0 Å². The van der Waals surface area contributed by atoms with Crippen molar-refractivity contribution in [2.24, 2.45) is 0 Å². The first kappa shape index (κ1) is 22.3. The van der Waals surface area contributed by atoms with Crippen LogP contribution in [0.1, 0.15) is 13.3 Å². The highest BCUT2D eigenvalue weighted by Gasteiger charge is 2.22. The van der Waals surface area contributed by atoms with Crippen molar-refractivity contribution in [3.63, 3.8) is 0 Å². The minimum atomic E-state index is -0.518. The van der Waals surface area contributed by atoms with Crippen LogP contribution in [-0.2, 0) is 9.53 Å². The van der Waals surface area contributed by atoms with Gasteiger partial charge in [0, 0.05) is 26.2 Å². The van der Waals surface area contributed by atoms with E-state index >= 15 is 0 Å². The lowest BCUT2D eigenvalue weighted by molar-refractivity contribution is -0.133. The summed E-state index contributed by atoms with van der Waals surface area (Å²) in [7, 11) is 0.